The van der Waals surface area contributed by atoms with E-state index in [4.69, 9.17) is 10.2 Å². The van der Waals surface area contributed by atoms with Crippen LogP contribution in [-0.4, -0.2) is 32.3 Å². The Morgan fingerprint density at radius 1 is 1.64 bits per heavy atom. The number of carbonyl (C=O) groups is 1. The molecule has 0 saturated carbocycles. The first kappa shape index (κ1) is 12.4. The highest BCUT2D eigenvalue weighted by Gasteiger charge is 1.90. The van der Waals surface area contributed by atoms with Gasteiger partial charge in [0.1, 0.15) is 0 Å². The zero-order chi connectivity index (χ0) is 11.0. The molecule has 0 aromatic carbocycles. The maximum Gasteiger partial charge on any atom is 0.330 e. The summed E-state index contributed by atoms with van der Waals surface area (Å²) in [5, 5.41) is 16.3. The van der Waals surface area contributed by atoms with Crippen LogP contribution in [0.3, 0.4) is 0 Å². The molecule has 5 heteroatoms. The molecule has 78 valence electrons. The van der Waals surface area contributed by atoms with Gasteiger partial charge in [-0.1, -0.05) is 6.58 Å². The van der Waals surface area contributed by atoms with Gasteiger partial charge in [-0.3, -0.25) is 0 Å². The van der Waals surface area contributed by atoms with Gasteiger partial charge in [-0.15, -0.1) is 0 Å². The summed E-state index contributed by atoms with van der Waals surface area (Å²) < 4.78 is 1.82. The van der Waals surface area contributed by atoms with Crippen LogP contribution in [0.15, 0.2) is 30.9 Å². The fourth-order valence-corrected chi connectivity index (χ4v) is 0.534. The second kappa shape index (κ2) is 6.85. The minimum absolute atomic E-state index is 0.176. The lowest BCUT2D eigenvalue weighted by molar-refractivity contribution is -0.132. The Labute approximate surface area is 82.3 Å². The highest BCUT2D eigenvalue weighted by Crippen LogP contribution is 1.82. The Balaban J connectivity index is 0.000000255. The third-order valence-electron chi connectivity index (χ3n) is 1.28. The number of aliphatic hydroxyl groups excluding tert-OH is 1. The molecule has 0 bridgehead atoms. The molecular weight excluding hydrogens is 184 g/mol. The first-order valence-corrected chi connectivity index (χ1v) is 4.03. The minimum Gasteiger partial charge on any atom is -0.478 e. The third kappa shape index (κ3) is 5.96. The van der Waals surface area contributed by atoms with Crippen molar-refractivity contribution in [2.75, 3.05) is 6.61 Å². The van der Waals surface area contributed by atoms with Crippen molar-refractivity contribution in [1.82, 2.24) is 9.55 Å². The van der Waals surface area contributed by atoms with Gasteiger partial charge in [-0.25, -0.2) is 9.78 Å². The first-order chi connectivity index (χ1) is 6.57. The van der Waals surface area contributed by atoms with Gasteiger partial charge in [0.15, 0.2) is 0 Å². The summed E-state index contributed by atoms with van der Waals surface area (Å²) in [4.78, 5) is 13.4. The van der Waals surface area contributed by atoms with Crippen molar-refractivity contribution in [2.45, 2.75) is 13.5 Å². The number of hydrogen-bond donors (Lipinski definition) is 2. The predicted octanol–water partition coefficient (Wildman–Crippen LogP) is 0.522. The lowest BCUT2D eigenvalue weighted by Crippen LogP contribution is -1.97. The van der Waals surface area contributed by atoms with Crippen molar-refractivity contribution >= 4 is 5.97 Å². The predicted molar refractivity (Wildman–Crippen MR) is 51.8 cm³/mol. The van der Waals surface area contributed by atoms with Gasteiger partial charge in [0.2, 0.25) is 0 Å². The molecule has 1 rings (SSSR count). The number of aliphatic hydroxyl groups is 1. The van der Waals surface area contributed by atoms with E-state index in [0.29, 0.717) is 6.54 Å². The van der Waals surface area contributed by atoms with Crippen molar-refractivity contribution in [3.8, 4) is 0 Å². The molecule has 0 unspecified atom stereocenters. The molecule has 1 heterocycles. The van der Waals surface area contributed by atoms with Crippen molar-refractivity contribution in [2.24, 2.45) is 0 Å². The molecule has 0 saturated heterocycles. The van der Waals surface area contributed by atoms with Crippen LogP contribution in [0.4, 0.5) is 0 Å². The van der Waals surface area contributed by atoms with Crippen molar-refractivity contribution < 1.29 is 15.0 Å². The Morgan fingerprint density at radius 3 is 2.50 bits per heavy atom. The molecule has 0 aliphatic heterocycles. The molecular formula is C9H14N2O3. The smallest absolute Gasteiger partial charge is 0.330 e. The van der Waals surface area contributed by atoms with Crippen LogP contribution in [0.5, 0.6) is 0 Å². The average Bonchev–Trinajstić information content (AvgIpc) is 2.58. The molecule has 0 fully saturated rings. The van der Waals surface area contributed by atoms with E-state index >= 15 is 0 Å². The topological polar surface area (TPSA) is 75.3 Å². The van der Waals surface area contributed by atoms with Crippen LogP contribution in [0.1, 0.15) is 6.92 Å². The van der Waals surface area contributed by atoms with Gasteiger partial charge in [0, 0.05) is 24.5 Å². The molecule has 1 aromatic rings. The first-order valence-electron chi connectivity index (χ1n) is 4.03. The van der Waals surface area contributed by atoms with E-state index in [1.54, 1.807) is 12.5 Å². The zero-order valence-electron chi connectivity index (χ0n) is 8.05. The van der Waals surface area contributed by atoms with Gasteiger partial charge in [0.05, 0.1) is 12.9 Å². The lowest BCUT2D eigenvalue weighted by Gasteiger charge is -1.92. The summed E-state index contributed by atoms with van der Waals surface area (Å²) in [5.74, 6) is -0.935. The number of imidazole rings is 1. The number of carboxylic acids is 1. The summed E-state index contributed by atoms with van der Waals surface area (Å²) in [6, 6.07) is 0. The molecule has 0 aliphatic carbocycles. The maximum atomic E-state index is 9.60. The third-order valence-corrected chi connectivity index (χ3v) is 1.28. The van der Waals surface area contributed by atoms with E-state index in [-0.39, 0.29) is 12.2 Å². The fourth-order valence-electron chi connectivity index (χ4n) is 0.534. The van der Waals surface area contributed by atoms with E-state index in [1.165, 1.54) is 6.92 Å². The van der Waals surface area contributed by atoms with Gasteiger partial charge in [0.25, 0.3) is 0 Å². The standard InChI is InChI=1S/C5H8N2O.C4H6O2/c8-4-3-7-2-1-6-5-7;1-3(2)4(5)6/h1-2,5,8H,3-4H2;1H2,2H3,(H,5,6). The number of rotatable bonds is 3. The highest BCUT2D eigenvalue weighted by atomic mass is 16.4. The van der Waals surface area contributed by atoms with Crippen LogP contribution in [-0.2, 0) is 11.3 Å². The maximum absolute atomic E-state index is 9.60. The average molecular weight is 198 g/mol. The Bertz CT molecular complexity index is 268. The molecule has 0 amide bonds. The molecule has 1 aromatic heterocycles. The second-order valence-corrected chi connectivity index (χ2v) is 2.61. The Hall–Kier alpha value is -1.62. The number of carboxylic acid groups (broad SMARTS) is 1. The molecule has 5 nitrogen and oxygen atoms in total. The zero-order valence-corrected chi connectivity index (χ0v) is 8.05. The summed E-state index contributed by atoms with van der Waals surface area (Å²) in [7, 11) is 0. The Morgan fingerprint density at radius 2 is 2.21 bits per heavy atom. The number of aliphatic carboxylic acids is 1. The largest absolute Gasteiger partial charge is 0.478 e. The van der Waals surface area contributed by atoms with E-state index < -0.39 is 5.97 Å². The van der Waals surface area contributed by atoms with Crippen LogP contribution < -0.4 is 0 Å². The van der Waals surface area contributed by atoms with E-state index in [2.05, 4.69) is 11.6 Å². The molecule has 14 heavy (non-hydrogen) atoms. The lowest BCUT2D eigenvalue weighted by atomic mass is 10.4. The molecule has 0 atom stereocenters. The van der Waals surface area contributed by atoms with Crippen LogP contribution >= 0.6 is 0 Å². The highest BCUT2D eigenvalue weighted by molar-refractivity contribution is 5.84. The summed E-state index contributed by atoms with van der Waals surface area (Å²) in [6.07, 6.45) is 5.18. The summed E-state index contributed by atoms with van der Waals surface area (Å²) in [6.45, 7) is 5.42. The van der Waals surface area contributed by atoms with Gasteiger partial charge >= 0.3 is 5.97 Å². The van der Waals surface area contributed by atoms with Crippen molar-refractivity contribution in [1.29, 1.82) is 0 Å². The normalized spacial score (nSPS) is 8.71. The van der Waals surface area contributed by atoms with Crippen LogP contribution in [0.2, 0.25) is 0 Å². The minimum atomic E-state index is -0.935. The molecule has 0 aliphatic rings. The molecule has 2 N–H and O–H groups in total. The monoisotopic (exact) mass is 198 g/mol. The van der Waals surface area contributed by atoms with E-state index in [9.17, 15) is 4.79 Å². The van der Waals surface area contributed by atoms with Gasteiger partial charge < -0.3 is 14.8 Å². The van der Waals surface area contributed by atoms with Crippen LogP contribution in [0, 0.1) is 0 Å². The SMILES string of the molecule is C=C(C)C(=O)O.OCCn1ccnc1. The van der Waals surface area contributed by atoms with E-state index in [0.717, 1.165) is 0 Å². The fraction of sp³-hybridized carbons (Fsp3) is 0.333. The van der Waals surface area contributed by atoms with Gasteiger partial charge in [-0.05, 0) is 6.92 Å². The summed E-state index contributed by atoms with van der Waals surface area (Å²) in [5.41, 5.74) is 0.176. The quantitative estimate of drug-likeness (QED) is 0.694. The number of nitrogens with zero attached hydrogens (tertiary/aromatic N) is 2. The van der Waals surface area contributed by atoms with Gasteiger partial charge in [-0.2, -0.15) is 0 Å². The number of hydrogen-bond acceptors (Lipinski definition) is 3. The molecule has 0 spiro atoms. The van der Waals surface area contributed by atoms with Crippen LogP contribution in [0.25, 0.3) is 0 Å². The van der Waals surface area contributed by atoms with Crippen molar-refractivity contribution in [3.05, 3.63) is 30.9 Å². The van der Waals surface area contributed by atoms with E-state index in [1.807, 2.05) is 10.8 Å². The second-order valence-electron chi connectivity index (χ2n) is 2.61. The van der Waals surface area contributed by atoms with Crippen molar-refractivity contribution in [3.63, 3.8) is 0 Å². The number of aromatic nitrogens is 2. The Kier molecular flexibility index (Phi) is 6.06. The summed E-state index contributed by atoms with van der Waals surface area (Å²) >= 11 is 0. The molecule has 0 radical (unpaired) electrons.